The summed E-state index contributed by atoms with van der Waals surface area (Å²) in [6.45, 7) is 0. The first-order valence-electron chi connectivity index (χ1n) is 5.42. The fraction of sp³-hybridized carbons (Fsp3) is 0.250. The van der Waals surface area contributed by atoms with E-state index in [0.717, 1.165) is 18.2 Å². The number of aliphatic carboxylic acids is 1. The number of aromatic carboxylic acids is 2. The largest absolute Gasteiger partial charge is 0.481 e. The van der Waals surface area contributed by atoms with Gasteiger partial charge in [0, 0.05) is 0 Å². The highest BCUT2D eigenvalue weighted by molar-refractivity contribution is 5.94. The van der Waals surface area contributed by atoms with Crippen molar-refractivity contribution in [2.45, 2.75) is 18.6 Å². The molecule has 0 aliphatic heterocycles. The number of carboxylic acid groups (broad SMARTS) is 3. The normalized spacial score (nSPS) is 13.5. The van der Waals surface area contributed by atoms with Crippen LogP contribution in [0.2, 0.25) is 0 Å². The molecule has 0 saturated carbocycles. The van der Waals surface area contributed by atoms with Crippen LogP contribution in [0.15, 0.2) is 18.2 Å². The van der Waals surface area contributed by atoms with Crippen molar-refractivity contribution < 1.29 is 39.9 Å². The maximum Gasteiger partial charge on any atom is 0.335 e. The topological polar surface area (TPSA) is 152 Å². The van der Waals surface area contributed by atoms with Crippen molar-refractivity contribution in [1.29, 1.82) is 0 Å². The van der Waals surface area contributed by atoms with Crippen molar-refractivity contribution in [1.82, 2.24) is 0 Å². The Kier molecular flexibility index (Phi) is 4.78. The van der Waals surface area contributed by atoms with Crippen molar-refractivity contribution in [3.8, 4) is 0 Å². The molecule has 0 saturated heterocycles. The molecule has 0 amide bonds. The molecular formula is C12H12O8. The highest BCUT2D eigenvalue weighted by atomic mass is 16.4. The van der Waals surface area contributed by atoms with Crippen LogP contribution in [-0.4, -0.2) is 49.5 Å². The minimum Gasteiger partial charge on any atom is -0.481 e. The number of carboxylic acids is 3. The first-order valence-corrected chi connectivity index (χ1v) is 5.42. The molecule has 0 fully saturated rings. The molecule has 0 aliphatic carbocycles. The van der Waals surface area contributed by atoms with Crippen LogP contribution in [0.1, 0.15) is 38.8 Å². The number of aliphatic hydroxyl groups excluding tert-OH is 2. The monoisotopic (exact) mass is 284 g/mol. The van der Waals surface area contributed by atoms with Crippen LogP contribution in [0, 0.1) is 0 Å². The molecule has 1 aromatic rings. The molecule has 2 unspecified atom stereocenters. The van der Waals surface area contributed by atoms with Gasteiger partial charge in [0.2, 0.25) is 0 Å². The average molecular weight is 284 g/mol. The van der Waals surface area contributed by atoms with Gasteiger partial charge in [-0.1, -0.05) is 0 Å². The van der Waals surface area contributed by atoms with Crippen molar-refractivity contribution in [3.05, 3.63) is 34.9 Å². The van der Waals surface area contributed by atoms with Crippen molar-refractivity contribution in [3.63, 3.8) is 0 Å². The van der Waals surface area contributed by atoms with E-state index in [0.29, 0.717) is 0 Å². The van der Waals surface area contributed by atoms with Gasteiger partial charge in [0.05, 0.1) is 23.7 Å². The lowest BCUT2D eigenvalue weighted by molar-refractivity contribution is -0.141. The molecule has 0 aliphatic rings. The van der Waals surface area contributed by atoms with Gasteiger partial charge in [-0.15, -0.1) is 0 Å². The van der Waals surface area contributed by atoms with E-state index in [2.05, 4.69) is 0 Å². The molecule has 108 valence electrons. The molecule has 8 nitrogen and oxygen atoms in total. The zero-order chi connectivity index (χ0) is 15.4. The second kappa shape index (κ2) is 6.13. The highest BCUT2D eigenvalue weighted by Gasteiger charge is 2.23. The standard InChI is InChI=1S/C12H12O8/c13-8(4-9(14)15)10(16)5-1-6(11(17)18)3-7(2-5)12(19)20/h1-3,8,10,13,16H,4H2,(H,14,15)(H,17,18)(H,19,20). The van der Waals surface area contributed by atoms with Crippen LogP contribution in [0.3, 0.4) is 0 Å². The second-order valence-corrected chi connectivity index (χ2v) is 4.06. The summed E-state index contributed by atoms with van der Waals surface area (Å²) in [7, 11) is 0. The van der Waals surface area contributed by atoms with Crippen molar-refractivity contribution in [2.75, 3.05) is 0 Å². The van der Waals surface area contributed by atoms with Gasteiger partial charge in [-0.25, -0.2) is 9.59 Å². The molecular weight excluding hydrogens is 272 g/mol. The highest BCUT2D eigenvalue weighted by Crippen LogP contribution is 2.22. The number of rotatable bonds is 6. The summed E-state index contributed by atoms with van der Waals surface area (Å²) < 4.78 is 0. The number of benzene rings is 1. The zero-order valence-corrected chi connectivity index (χ0v) is 10.1. The summed E-state index contributed by atoms with van der Waals surface area (Å²) in [6.07, 6.45) is -4.15. The van der Waals surface area contributed by atoms with E-state index < -0.39 is 36.5 Å². The van der Waals surface area contributed by atoms with Gasteiger partial charge in [0.25, 0.3) is 0 Å². The van der Waals surface area contributed by atoms with Gasteiger partial charge in [-0.3, -0.25) is 4.79 Å². The van der Waals surface area contributed by atoms with E-state index in [1.807, 2.05) is 0 Å². The Balaban J connectivity index is 3.19. The molecule has 1 rings (SSSR count). The summed E-state index contributed by atoms with van der Waals surface area (Å²) in [5.74, 6) is -4.17. The quantitative estimate of drug-likeness (QED) is 0.487. The van der Waals surface area contributed by atoms with E-state index in [9.17, 15) is 24.6 Å². The predicted octanol–water partition coefficient (Wildman–Crippen LogP) is -0.0480. The van der Waals surface area contributed by atoms with Crippen LogP contribution in [0.25, 0.3) is 0 Å². The lowest BCUT2D eigenvalue weighted by Gasteiger charge is -2.17. The van der Waals surface area contributed by atoms with Crippen LogP contribution < -0.4 is 0 Å². The van der Waals surface area contributed by atoms with Crippen LogP contribution in [-0.2, 0) is 4.79 Å². The third-order valence-corrected chi connectivity index (χ3v) is 2.54. The smallest absolute Gasteiger partial charge is 0.335 e. The molecule has 0 bridgehead atoms. The van der Waals surface area contributed by atoms with Gasteiger partial charge in [0.15, 0.2) is 0 Å². The number of hydrogen-bond donors (Lipinski definition) is 5. The average Bonchev–Trinajstić information content (AvgIpc) is 2.36. The molecule has 0 heterocycles. The lowest BCUT2D eigenvalue weighted by atomic mass is 9.97. The Bertz CT molecular complexity index is 518. The molecule has 0 spiro atoms. The Morgan fingerprint density at radius 3 is 1.70 bits per heavy atom. The van der Waals surface area contributed by atoms with Crippen molar-refractivity contribution >= 4 is 17.9 Å². The van der Waals surface area contributed by atoms with E-state index in [-0.39, 0.29) is 16.7 Å². The second-order valence-electron chi connectivity index (χ2n) is 4.06. The minimum atomic E-state index is -1.71. The minimum absolute atomic E-state index is 0.184. The van der Waals surface area contributed by atoms with Crippen LogP contribution in [0.4, 0.5) is 0 Å². The van der Waals surface area contributed by atoms with E-state index in [1.54, 1.807) is 0 Å². The third kappa shape index (κ3) is 3.77. The summed E-state index contributed by atoms with van der Waals surface area (Å²) in [5, 5.41) is 45.4. The van der Waals surface area contributed by atoms with Gasteiger partial charge in [-0.2, -0.15) is 0 Å². The third-order valence-electron chi connectivity index (χ3n) is 2.54. The van der Waals surface area contributed by atoms with Gasteiger partial charge in [-0.05, 0) is 23.8 Å². The Hall–Kier alpha value is -2.45. The van der Waals surface area contributed by atoms with Gasteiger partial charge >= 0.3 is 17.9 Å². The summed E-state index contributed by atoms with van der Waals surface area (Å²) in [6, 6.07) is 2.85. The fourth-order valence-corrected chi connectivity index (χ4v) is 1.58. The molecule has 20 heavy (non-hydrogen) atoms. The van der Waals surface area contributed by atoms with E-state index in [1.165, 1.54) is 0 Å². The van der Waals surface area contributed by atoms with Crippen molar-refractivity contribution in [2.24, 2.45) is 0 Å². The first-order chi connectivity index (χ1) is 9.22. The Morgan fingerprint density at radius 1 is 0.900 bits per heavy atom. The number of carbonyl (C=O) groups is 3. The first kappa shape index (κ1) is 15.6. The predicted molar refractivity (Wildman–Crippen MR) is 63.6 cm³/mol. The molecule has 0 aromatic heterocycles. The van der Waals surface area contributed by atoms with E-state index >= 15 is 0 Å². The number of aliphatic hydroxyl groups is 2. The number of hydrogen-bond acceptors (Lipinski definition) is 5. The van der Waals surface area contributed by atoms with E-state index in [4.69, 9.17) is 15.3 Å². The Labute approximate surface area is 112 Å². The SMILES string of the molecule is O=C(O)CC(O)C(O)c1cc(C(=O)O)cc(C(=O)O)c1. The maximum absolute atomic E-state index is 10.9. The molecule has 0 radical (unpaired) electrons. The molecule has 5 N–H and O–H groups in total. The summed E-state index contributed by atoms with van der Waals surface area (Å²) in [5.41, 5.74) is -0.959. The molecule has 1 aromatic carbocycles. The molecule has 2 atom stereocenters. The summed E-state index contributed by atoms with van der Waals surface area (Å²) in [4.78, 5) is 32.2. The Morgan fingerprint density at radius 2 is 1.35 bits per heavy atom. The lowest BCUT2D eigenvalue weighted by Crippen LogP contribution is -2.22. The zero-order valence-electron chi connectivity index (χ0n) is 10.1. The van der Waals surface area contributed by atoms with Gasteiger partial charge < -0.3 is 25.5 Å². The van der Waals surface area contributed by atoms with Crippen LogP contribution in [0.5, 0.6) is 0 Å². The van der Waals surface area contributed by atoms with Gasteiger partial charge in [0.1, 0.15) is 6.10 Å². The van der Waals surface area contributed by atoms with Crippen LogP contribution >= 0.6 is 0 Å². The molecule has 8 heteroatoms. The fourth-order valence-electron chi connectivity index (χ4n) is 1.58. The summed E-state index contributed by atoms with van der Waals surface area (Å²) >= 11 is 0. The maximum atomic E-state index is 10.9.